The van der Waals surface area contributed by atoms with Gasteiger partial charge in [0, 0.05) is 44.4 Å². The van der Waals surface area contributed by atoms with E-state index < -0.39 is 5.91 Å². The fraction of sp³-hybridized carbons (Fsp3) is 0.214. The molecule has 23 heavy (non-hydrogen) atoms. The number of hydrogen-bond acceptors (Lipinski definition) is 5. The van der Waals surface area contributed by atoms with Gasteiger partial charge in [-0.1, -0.05) is 5.21 Å². The molecule has 3 heterocycles. The van der Waals surface area contributed by atoms with E-state index in [1.165, 1.54) is 15.8 Å². The van der Waals surface area contributed by atoms with Crippen LogP contribution >= 0.6 is 0 Å². The van der Waals surface area contributed by atoms with E-state index in [0.29, 0.717) is 5.69 Å². The first kappa shape index (κ1) is 14.7. The molecule has 3 rings (SSSR count). The van der Waals surface area contributed by atoms with Crippen molar-refractivity contribution in [3.8, 4) is 0 Å². The number of nitrogens with one attached hydrogen (secondary N) is 1. The molecule has 1 N–H and O–H groups in total. The summed E-state index contributed by atoms with van der Waals surface area (Å²) >= 11 is 0. The van der Waals surface area contributed by atoms with Crippen molar-refractivity contribution in [1.29, 1.82) is 0 Å². The summed E-state index contributed by atoms with van der Waals surface area (Å²) in [6.07, 6.45) is 6.72. The normalized spacial score (nSPS) is 10.7. The van der Waals surface area contributed by atoms with Crippen molar-refractivity contribution >= 4 is 23.1 Å². The van der Waals surface area contributed by atoms with Gasteiger partial charge in [-0.15, -0.1) is 5.10 Å². The van der Waals surface area contributed by atoms with E-state index in [4.69, 9.17) is 0 Å². The molecular formula is C14H15N7O2. The third kappa shape index (κ3) is 3.18. The van der Waals surface area contributed by atoms with Crippen LogP contribution in [0.4, 0.5) is 5.69 Å². The molecule has 0 bridgehead atoms. The van der Waals surface area contributed by atoms with Crippen LogP contribution in [0, 0.1) is 0 Å². The summed E-state index contributed by atoms with van der Waals surface area (Å²) in [7, 11) is 3.30. The number of carbonyl (C=O) groups excluding carboxylic acids is 2. The van der Waals surface area contributed by atoms with Crippen molar-refractivity contribution in [2.45, 2.75) is 6.54 Å². The lowest BCUT2D eigenvalue weighted by Gasteiger charge is -2.08. The monoisotopic (exact) mass is 313 g/mol. The quantitative estimate of drug-likeness (QED) is 0.745. The minimum atomic E-state index is -0.399. The zero-order valence-corrected chi connectivity index (χ0v) is 12.7. The summed E-state index contributed by atoms with van der Waals surface area (Å²) in [5.41, 5.74) is 1.47. The van der Waals surface area contributed by atoms with Crippen molar-refractivity contribution in [3.05, 3.63) is 42.6 Å². The largest absolute Gasteiger partial charge is 0.347 e. The van der Waals surface area contributed by atoms with E-state index >= 15 is 0 Å². The Hall–Kier alpha value is -3.23. The second-order valence-corrected chi connectivity index (χ2v) is 5.15. The molecule has 118 valence electrons. The topological polar surface area (TPSA) is 97.4 Å². The second-order valence-electron chi connectivity index (χ2n) is 5.15. The summed E-state index contributed by atoms with van der Waals surface area (Å²) < 4.78 is 3.16. The van der Waals surface area contributed by atoms with Crippen molar-refractivity contribution in [3.63, 3.8) is 0 Å². The molecule has 0 aromatic carbocycles. The Morgan fingerprint density at radius 1 is 1.30 bits per heavy atom. The average Bonchev–Trinajstić information content (AvgIpc) is 3.15. The lowest BCUT2D eigenvalue weighted by molar-refractivity contribution is -0.129. The minimum absolute atomic E-state index is 0.0350. The summed E-state index contributed by atoms with van der Waals surface area (Å²) in [6, 6.07) is 3.50. The Morgan fingerprint density at radius 3 is 2.91 bits per heavy atom. The van der Waals surface area contributed by atoms with Gasteiger partial charge in [-0.25, -0.2) is 9.67 Å². The molecular weight excluding hydrogens is 298 g/mol. The van der Waals surface area contributed by atoms with Gasteiger partial charge in [-0.2, -0.15) is 0 Å². The maximum Gasteiger partial charge on any atom is 0.277 e. The molecule has 0 unspecified atom stereocenters. The maximum absolute atomic E-state index is 12.2. The van der Waals surface area contributed by atoms with Gasteiger partial charge in [0.15, 0.2) is 5.69 Å². The number of fused-ring (bicyclic) bond motifs is 1. The predicted octanol–water partition coefficient (Wildman–Crippen LogP) is 0.266. The molecule has 0 saturated heterocycles. The van der Waals surface area contributed by atoms with Gasteiger partial charge >= 0.3 is 0 Å². The highest BCUT2D eigenvalue weighted by atomic mass is 16.2. The molecule has 0 aliphatic carbocycles. The zero-order valence-electron chi connectivity index (χ0n) is 12.7. The van der Waals surface area contributed by atoms with Crippen LogP contribution in [-0.4, -0.2) is 55.2 Å². The molecule has 3 aromatic rings. The Morgan fingerprint density at radius 2 is 2.13 bits per heavy atom. The van der Waals surface area contributed by atoms with Crippen LogP contribution in [-0.2, 0) is 11.3 Å². The van der Waals surface area contributed by atoms with E-state index in [0.717, 1.165) is 5.65 Å². The molecule has 0 radical (unpaired) electrons. The van der Waals surface area contributed by atoms with Crippen LogP contribution in [0.3, 0.4) is 0 Å². The van der Waals surface area contributed by atoms with Crippen LogP contribution in [0.1, 0.15) is 10.5 Å². The molecule has 0 spiro atoms. The number of pyridine rings is 1. The van der Waals surface area contributed by atoms with Gasteiger partial charge in [-0.05, 0) is 6.07 Å². The lowest BCUT2D eigenvalue weighted by atomic mass is 10.3. The van der Waals surface area contributed by atoms with Crippen molar-refractivity contribution in [2.75, 3.05) is 19.4 Å². The number of anilines is 1. The highest BCUT2D eigenvalue weighted by Crippen LogP contribution is 2.11. The van der Waals surface area contributed by atoms with Crippen LogP contribution < -0.4 is 5.32 Å². The number of amides is 2. The first-order valence-electron chi connectivity index (χ1n) is 6.87. The number of rotatable bonds is 4. The number of hydrogen-bond donors (Lipinski definition) is 1. The number of aromatic nitrogens is 5. The number of nitrogens with zero attached hydrogens (tertiary/aromatic N) is 6. The standard InChI is InChI=1S/C14H15N7O2/c1-19(2)13(22)9-21-8-11(17-18-21)14(23)16-10-3-5-20-6-4-15-12(20)7-10/h3-8H,9H2,1-2H3,(H,16,23). The van der Waals surface area contributed by atoms with E-state index in [1.54, 1.807) is 38.6 Å². The third-order valence-electron chi connectivity index (χ3n) is 3.22. The van der Waals surface area contributed by atoms with E-state index in [1.807, 2.05) is 10.6 Å². The van der Waals surface area contributed by atoms with E-state index in [2.05, 4.69) is 20.6 Å². The molecule has 0 atom stereocenters. The molecule has 9 nitrogen and oxygen atoms in total. The van der Waals surface area contributed by atoms with Gasteiger partial charge in [0.25, 0.3) is 5.91 Å². The molecule has 0 saturated carbocycles. The van der Waals surface area contributed by atoms with Crippen molar-refractivity contribution in [1.82, 2.24) is 29.3 Å². The molecule has 2 amide bonds. The van der Waals surface area contributed by atoms with Crippen LogP contribution in [0.2, 0.25) is 0 Å². The summed E-state index contributed by atoms with van der Waals surface area (Å²) in [6.45, 7) is 0.0350. The Balaban J connectivity index is 1.70. The number of carbonyl (C=O) groups is 2. The second kappa shape index (κ2) is 5.87. The molecule has 3 aromatic heterocycles. The third-order valence-corrected chi connectivity index (χ3v) is 3.22. The molecule has 0 aliphatic rings. The van der Waals surface area contributed by atoms with Crippen LogP contribution in [0.5, 0.6) is 0 Å². The summed E-state index contributed by atoms with van der Waals surface area (Å²) in [5.74, 6) is -0.531. The average molecular weight is 313 g/mol. The fourth-order valence-electron chi connectivity index (χ4n) is 1.94. The zero-order chi connectivity index (χ0) is 16.4. The van der Waals surface area contributed by atoms with E-state index in [-0.39, 0.29) is 18.1 Å². The lowest BCUT2D eigenvalue weighted by Crippen LogP contribution is -2.26. The molecule has 9 heteroatoms. The predicted molar refractivity (Wildman–Crippen MR) is 81.9 cm³/mol. The highest BCUT2D eigenvalue weighted by Gasteiger charge is 2.13. The first-order chi connectivity index (χ1) is 11.0. The van der Waals surface area contributed by atoms with Crippen molar-refractivity contribution in [2.24, 2.45) is 0 Å². The van der Waals surface area contributed by atoms with E-state index in [9.17, 15) is 9.59 Å². The van der Waals surface area contributed by atoms with Gasteiger partial charge < -0.3 is 14.6 Å². The Labute approximate surface area is 131 Å². The molecule has 0 aliphatic heterocycles. The fourth-order valence-corrected chi connectivity index (χ4v) is 1.94. The summed E-state index contributed by atoms with van der Waals surface area (Å²) in [5, 5.41) is 10.3. The minimum Gasteiger partial charge on any atom is -0.347 e. The number of likely N-dealkylation sites (N-methyl/N-ethyl adjacent to an activating group) is 1. The number of imidazole rings is 1. The van der Waals surface area contributed by atoms with Gasteiger partial charge in [0.1, 0.15) is 12.2 Å². The first-order valence-corrected chi connectivity index (χ1v) is 6.87. The van der Waals surface area contributed by atoms with Gasteiger partial charge in [-0.3, -0.25) is 9.59 Å². The smallest absolute Gasteiger partial charge is 0.277 e. The Bertz CT molecular complexity index is 865. The summed E-state index contributed by atoms with van der Waals surface area (Å²) in [4.78, 5) is 29.4. The maximum atomic E-state index is 12.2. The van der Waals surface area contributed by atoms with Gasteiger partial charge in [0.05, 0.1) is 6.20 Å². The van der Waals surface area contributed by atoms with Crippen LogP contribution in [0.15, 0.2) is 36.9 Å². The SMILES string of the molecule is CN(C)C(=O)Cn1cc(C(=O)Nc2ccn3ccnc3c2)nn1. The Kier molecular flexibility index (Phi) is 3.75. The van der Waals surface area contributed by atoms with Gasteiger partial charge in [0.2, 0.25) is 5.91 Å². The van der Waals surface area contributed by atoms with Crippen LogP contribution in [0.25, 0.3) is 5.65 Å². The highest BCUT2D eigenvalue weighted by molar-refractivity contribution is 6.02. The molecule has 0 fully saturated rings. The van der Waals surface area contributed by atoms with Crippen molar-refractivity contribution < 1.29 is 9.59 Å².